The Labute approximate surface area is 83.7 Å². The van der Waals surface area contributed by atoms with Crippen molar-refractivity contribution in [1.82, 2.24) is 5.32 Å². The van der Waals surface area contributed by atoms with Crippen LogP contribution in [0.1, 0.15) is 39.0 Å². The van der Waals surface area contributed by atoms with Crippen molar-refractivity contribution in [1.29, 1.82) is 0 Å². The number of ketones is 1. The first kappa shape index (κ1) is 11.2. The molecule has 4 heteroatoms. The molecule has 0 atom stereocenters. The summed E-state index contributed by atoms with van der Waals surface area (Å²) < 4.78 is 0. The van der Waals surface area contributed by atoms with E-state index >= 15 is 0 Å². The van der Waals surface area contributed by atoms with Crippen LogP contribution in [0, 0.1) is 0 Å². The highest BCUT2D eigenvalue weighted by Gasteiger charge is 2.34. The first-order valence-corrected chi connectivity index (χ1v) is 5.00. The quantitative estimate of drug-likeness (QED) is 0.673. The number of carbonyl (C=O) groups is 2. The number of aliphatic hydroxyl groups is 1. The molecule has 0 aromatic rings. The lowest BCUT2D eigenvalue weighted by Gasteiger charge is -2.36. The highest BCUT2D eigenvalue weighted by Crippen LogP contribution is 2.30. The van der Waals surface area contributed by atoms with Crippen LogP contribution in [-0.2, 0) is 9.59 Å². The zero-order valence-electron chi connectivity index (χ0n) is 8.51. The van der Waals surface area contributed by atoms with Gasteiger partial charge in [0.2, 0.25) is 5.91 Å². The van der Waals surface area contributed by atoms with E-state index < -0.39 is 5.60 Å². The molecule has 1 saturated carbocycles. The predicted octanol–water partition coefficient (Wildman–Crippen LogP) is 0.387. The number of hydrogen-bond acceptors (Lipinski definition) is 3. The number of amides is 1. The minimum absolute atomic E-state index is 0.0162. The molecule has 4 nitrogen and oxygen atoms in total. The third-order valence-corrected chi connectivity index (χ3v) is 2.60. The summed E-state index contributed by atoms with van der Waals surface area (Å²) in [5, 5.41) is 12.3. The van der Waals surface area contributed by atoms with Gasteiger partial charge in [-0.25, -0.2) is 0 Å². The van der Waals surface area contributed by atoms with Gasteiger partial charge in [-0.15, -0.1) is 0 Å². The summed E-state index contributed by atoms with van der Waals surface area (Å²) in [5.74, 6) is -0.136. The van der Waals surface area contributed by atoms with Crippen LogP contribution in [0.15, 0.2) is 0 Å². The van der Waals surface area contributed by atoms with E-state index in [2.05, 4.69) is 5.32 Å². The number of carbonyl (C=O) groups excluding carboxylic acids is 2. The van der Waals surface area contributed by atoms with Gasteiger partial charge in [0.15, 0.2) is 0 Å². The van der Waals surface area contributed by atoms with Crippen LogP contribution >= 0.6 is 0 Å². The second-order valence-corrected chi connectivity index (χ2v) is 4.06. The van der Waals surface area contributed by atoms with Crippen LogP contribution in [0.4, 0.5) is 0 Å². The van der Waals surface area contributed by atoms with Gasteiger partial charge in [0, 0.05) is 19.4 Å². The fraction of sp³-hybridized carbons (Fsp3) is 0.800. The maximum Gasteiger partial charge on any atom is 0.220 e. The Hall–Kier alpha value is -0.900. The Morgan fingerprint density at radius 1 is 1.36 bits per heavy atom. The summed E-state index contributed by atoms with van der Waals surface area (Å²) in [6, 6.07) is 0. The molecule has 0 saturated heterocycles. The van der Waals surface area contributed by atoms with Crippen LogP contribution in [0.5, 0.6) is 0 Å². The second kappa shape index (κ2) is 4.55. The smallest absolute Gasteiger partial charge is 0.220 e. The standard InChI is InChI=1S/C10H17NO3/c1-8(12)3-4-9(13)11-7-10(14)5-2-6-10/h14H,2-7H2,1H3,(H,11,13). The molecule has 0 aromatic heterocycles. The Morgan fingerprint density at radius 3 is 2.43 bits per heavy atom. The predicted molar refractivity (Wildman–Crippen MR) is 51.7 cm³/mol. The molecule has 0 radical (unpaired) electrons. The van der Waals surface area contributed by atoms with Crippen molar-refractivity contribution in [2.45, 2.75) is 44.6 Å². The fourth-order valence-corrected chi connectivity index (χ4v) is 1.40. The molecule has 2 N–H and O–H groups in total. The minimum Gasteiger partial charge on any atom is -0.388 e. The van der Waals surface area contributed by atoms with Gasteiger partial charge in [0.25, 0.3) is 0 Å². The normalized spacial score (nSPS) is 18.4. The Bertz CT molecular complexity index is 234. The van der Waals surface area contributed by atoms with Gasteiger partial charge in [-0.3, -0.25) is 4.79 Å². The lowest BCUT2D eigenvalue weighted by atomic mass is 9.80. The second-order valence-electron chi connectivity index (χ2n) is 4.06. The van der Waals surface area contributed by atoms with Crippen LogP contribution < -0.4 is 5.32 Å². The maximum atomic E-state index is 11.2. The Balaban J connectivity index is 2.11. The molecule has 1 fully saturated rings. The minimum atomic E-state index is -0.675. The largest absolute Gasteiger partial charge is 0.388 e. The van der Waals surface area contributed by atoms with E-state index in [0.717, 1.165) is 19.3 Å². The highest BCUT2D eigenvalue weighted by molar-refractivity contribution is 5.83. The average molecular weight is 199 g/mol. The van der Waals surface area contributed by atoms with Crippen molar-refractivity contribution in [2.24, 2.45) is 0 Å². The van der Waals surface area contributed by atoms with Gasteiger partial charge in [-0.1, -0.05) is 0 Å². The zero-order valence-corrected chi connectivity index (χ0v) is 8.51. The van der Waals surface area contributed by atoms with Gasteiger partial charge < -0.3 is 15.2 Å². The molecular weight excluding hydrogens is 182 g/mol. The summed E-state index contributed by atoms with van der Waals surface area (Å²) in [4.78, 5) is 21.7. The topological polar surface area (TPSA) is 66.4 Å². The van der Waals surface area contributed by atoms with Crippen molar-refractivity contribution in [3.05, 3.63) is 0 Å². The summed E-state index contributed by atoms with van der Waals surface area (Å²) in [6.45, 7) is 1.79. The molecule has 0 spiro atoms. The summed E-state index contributed by atoms with van der Waals surface area (Å²) in [5.41, 5.74) is -0.675. The molecule has 0 aliphatic heterocycles. The number of rotatable bonds is 5. The van der Waals surface area contributed by atoms with E-state index in [1.807, 2.05) is 0 Å². The van der Waals surface area contributed by atoms with E-state index in [1.165, 1.54) is 6.92 Å². The zero-order chi connectivity index (χ0) is 10.6. The summed E-state index contributed by atoms with van der Waals surface area (Å²) in [7, 11) is 0. The molecule has 80 valence electrons. The molecular formula is C10H17NO3. The highest BCUT2D eigenvalue weighted by atomic mass is 16.3. The SMILES string of the molecule is CC(=O)CCC(=O)NCC1(O)CCC1. The summed E-state index contributed by atoms with van der Waals surface area (Å²) >= 11 is 0. The van der Waals surface area contributed by atoms with Crippen molar-refractivity contribution < 1.29 is 14.7 Å². The number of hydrogen-bond donors (Lipinski definition) is 2. The van der Waals surface area contributed by atoms with Gasteiger partial charge in [0.1, 0.15) is 5.78 Å². The van der Waals surface area contributed by atoms with Crippen molar-refractivity contribution in [3.63, 3.8) is 0 Å². The van der Waals surface area contributed by atoms with Gasteiger partial charge in [0.05, 0.1) is 5.60 Å². The first-order valence-electron chi connectivity index (χ1n) is 5.00. The molecule has 0 bridgehead atoms. The first-order chi connectivity index (χ1) is 6.52. The van der Waals surface area contributed by atoms with E-state index in [9.17, 15) is 14.7 Å². The molecule has 0 unspecified atom stereocenters. The molecule has 0 heterocycles. The fourth-order valence-electron chi connectivity index (χ4n) is 1.40. The van der Waals surface area contributed by atoms with Crippen LogP contribution in [0.3, 0.4) is 0 Å². The Kier molecular flexibility index (Phi) is 3.63. The molecule has 0 aromatic carbocycles. The van der Waals surface area contributed by atoms with Crippen molar-refractivity contribution in [3.8, 4) is 0 Å². The Morgan fingerprint density at radius 2 is 2.00 bits per heavy atom. The van der Waals surface area contributed by atoms with Gasteiger partial charge in [-0.05, 0) is 26.2 Å². The molecule has 1 aliphatic rings. The van der Waals surface area contributed by atoms with E-state index in [0.29, 0.717) is 6.54 Å². The molecule has 1 amide bonds. The van der Waals surface area contributed by atoms with E-state index in [4.69, 9.17) is 0 Å². The van der Waals surface area contributed by atoms with Crippen LogP contribution in [-0.4, -0.2) is 28.9 Å². The van der Waals surface area contributed by atoms with Gasteiger partial charge in [-0.2, -0.15) is 0 Å². The monoisotopic (exact) mass is 199 g/mol. The number of Topliss-reactive ketones (excluding diaryl/α,β-unsaturated/α-hetero) is 1. The summed E-state index contributed by atoms with van der Waals surface area (Å²) in [6.07, 6.45) is 3.06. The van der Waals surface area contributed by atoms with Crippen LogP contribution in [0.2, 0.25) is 0 Å². The number of nitrogens with one attached hydrogen (secondary N) is 1. The lowest BCUT2D eigenvalue weighted by molar-refractivity contribution is -0.126. The maximum absolute atomic E-state index is 11.2. The third-order valence-electron chi connectivity index (χ3n) is 2.60. The molecule has 14 heavy (non-hydrogen) atoms. The molecule has 1 aliphatic carbocycles. The third kappa shape index (κ3) is 3.46. The average Bonchev–Trinajstić information content (AvgIpc) is 2.08. The van der Waals surface area contributed by atoms with Crippen LogP contribution in [0.25, 0.3) is 0 Å². The van der Waals surface area contributed by atoms with Crippen molar-refractivity contribution >= 4 is 11.7 Å². The lowest BCUT2D eigenvalue weighted by Crippen LogP contribution is -2.47. The van der Waals surface area contributed by atoms with E-state index in [1.54, 1.807) is 0 Å². The van der Waals surface area contributed by atoms with Crippen molar-refractivity contribution in [2.75, 3.05) is 6.54 Å². The molecule has 1 rings (SSSR count). The van der Waals surface area contributed by atoms with Gasteiger partial charge >= 0.3 is 0 Å². The van der Waals surface area contributed by atoms with E-state index in [-0.39, 0.29) is 24.5 Å².